The van der Waals surface area contributed by atoms with Crippen LogP contribution >= 0.6 is 11.3 Å². The van der Waals surface area contributed by atoms with Crippen molar-refractivity contribution in [2.75, 3.05) is 25.7 Å². The van der Waals surface area contributed by atoms with Crippen molar-refractivity contribution in [1.82, 2.24) is 4.98 Å². The standard InChI is InChI=1S/C24H23N3O3S/c1-28-19-10-12-20(13-11-19)29-14-5-15-30-21-7-4-6-18(16-21)17-25-27-24-26-22-8-2-3-9-23(22)31-24/h2-4,6-13,16-17H,5,14-15H2,1H3,(H,26,27). The summed E-state index contributed by atoms with van der Waals surface area (Å²) in [5.41, 5.74) is 4.91. The van der Waals surface area contributed by atoms with Gasteiger partial charge in [0, 0.05) is 6.42 Å². The van der Waals surface area contributed by atoms with Crippen LogP contribution in [-0.4, -0.2) is 31.5 Å². The molecule has 4 rings (SSSR count). The van der Waals surface area contributed by atoms with Crippen LogP contribution in [0.4, 0.5) is 5.13 Å². The van der Waals surface area contributed by atoms with E-state index >= 15 is 0 Å². The van der Waals surface area contributed by atoms with Crippen molar-refractivity contribution in [3.63, 3.8) is 0 Å². The molecule has 1 heterocycles. The number of nitrogens with zero attached hydrogens (tertiary/aromatic N) is 2. The molecule has 0 fully saturated rings. The first kappa shape index (κ1) is 20.7. The molecule has 3 aromatic carbocycles. The maximum Gasteiger partial charge on any atom is 0.204 e. The van der Waals surface area contributed by atoms with E-state index in [9.17, 15) is 0 Å². The molecule has 1 N–H and O–H groups in total. The third-order valence-electron chi connectivity index (χ3n) is 4.41. The van der Waals surface area contributed by atoms with Gasteiger partial charge in [-0.25, -0.2) is 4.98 Å². The Balaban J connectivity index is 1.21. The number of methoxy groups -OCH3 is 1. The summed E-state index contributed by atoms with van der Waals surface area (Å²) >= 11 is 1.57. The molecule has 0 saturated carbocycles. The zero-order valence-electron chi connectivity index (χ0n) is 17.2. The highest BCUT2D eigenvalue weighted by Gasteiger charge is 2.01. The molecule has 31 heavy (non-hydrogen) atoms. The Morgan fingerprint density at radius 3 is 2.48 bits per heavy atom. The topological polar surface area (TPSA) is 65.0 Å². The van der Waals surface area contributed by atoms with Crippen molar-refractivity contribution >= 4 is 32.9 Å². The zero-order chi connectivity index (χ0) is 21.3. The molecule has 0 unspecified atom stereocenters. The van der Waals surface area contributed by atoms with Crippen LogP contribution in [0, 0.1) is 0 Å². The molecule has 7 heteroatoms. The van der Waals surface area contributed by atoms with E-state index in [4.69, 9.17) is 14.2 Å². The first-order valence-corrected chi connectivity index (χ1v) is 10.8. The van der Waals surface area contributed by atoms with Crippen molar-refractivity contribution in [3.05, 3.63) is 78.4 Å². The molecule has 4 aromatic rings. The van der Waals surface area contributed by atoms with Crippen molar-refractivity contribution < 1.29 is 14.2 Å². The number of aromatic nitrogens is 1. The quantitative estimate of drug-likeness (QED) is 0.200. The maximum absolute atomic E-state index is 5.83. The van der Waals surface area contributed by atoms with Crippen molar-refractivity contribution in [1.29, 1.82) is 0 Å². The van der Waals surface area contributed by atoms with Crippen LogP contribution in [0.5, 0.6) is 17.2 Å². The average molecular weight is 434 g/mol. The summed E-state index contributed by atoms with van der Waals surface area (Å²) in [4.78, 5) is 4.50. The lowest BCUT2D eigenvalue weighted by Gasteiger charge is -2.09. The van der Waals surface area contributed by atoms with Crippen LogP contribution in [0.2, 0.25) is 0 Å². The van der Waals surface area contributed by atoms with Crippen LogP contribution in [0.1, 0.15) is 12.0 Å². The molecule has 0 bridgehead atoms. The van der Waals surface area contributed by atoms with Gasteiger partial charge in [0.1, 0.15) is 17.2 Å². The predicted octanol–water partition coefficient (Wildman–Crippen LogP) is 5.60. The monoisotopic (exact) mass is 433 g/mol. The van der Waals surface area contributed by atoms with Gasteiger partial charge in [-0.2, -0.15) is 5.10 Å². The zero-order valence-corrected chi connectivity index (χ0v) is 18.0. The lowest BCUT2D eigenvalue weighted by Crippen LogP contribution is -2.05. The maximum atomic E-state index is 5.83. The van der Waals surface area contributed by atoms with Crippen LogP contribution in [0.25, 0.3) is 10.2 Å². The lowest BCUT2D eigenvalue weighted by molar-refractivity contribution is 0.247. The van der Waals surface area contributed by atoms with Crippen LogP contribution in [0.15, 0.2) is 77.9 Å². The summed E-state index contributed by atoms with van der Waals surface area (Å²) in [5.74, 6) is 2.43. The first-order valence-electron chi connectivity index (χ1n) is 9.94. The Morgan fingerprint density at radius 2 is 1.68 bits per heavy atom. The molecular formula is C24H23N3O3S. The lowest BCUT2D eigenvalue weighted by atomic mass is 10.2. The van der Waals surface area contributed by atoms with E-state index in [-0.39, 0.29) is 0 Å². The number of thiazole rings is 1. The Morgan fingerprint density at radius 1 is 0.903 bits per heavy atom. The minimum Gasteiger partial charge on any atom is -0.497 e. The first-order chi connectivity index (χ1) is 15.3. The van der Waals surface area contributed by atoms with Gasteiger partial charge in [-0.1, -0.05) is 35.6 Å². The van der Waals surface area contributed by atoms with E-state index in [0.29, 0.717) is 13.2 Å². The van der Waals surface area contributed by atoms with E-state index in [1.54, 1.807) is 24.7 Å². The van der Waals surface area contributed by atoms with Gasteiger partial charge in [0.15, 0.2) is 0 Å². The van der Waals surface area contributed by atoms with Crippen molar-refractivity contribution in [2.45, 2.75) is 6.42 Å². The molecular weight excluding hydrogens is 410 g/mol. The summed E-state index contributed by atoms with van der Waals surface area (Å²) in [6.45, 7) is 1.15. The van der Waals surface area contributed by atoms with Gasteiger partial charge >= 0.3 is 0 Å². The smallest absolute Gasteiger partial charge is 0.204 e. The van der Waals surface area contributed by atoms with Crippen molar-refractivity contribution in [2.24, 2.45) is 5.10 Å². The predicted molar refractivity (Wildman–Crippen MR) is 126 cm³/mol. The van der Waals surface area contributed by atoms with Gasteiger partial charge in [-0.15, -0.1) is 0 Å². The molecule has 1 aromatic heterocycles. The molecule has 6 nitrogen and oxygen atoms in total. The molecule has 0 aliphatic rings. The molecule has 0 radical (unpaired) electrons. The number of hydrogen-bond acceptors (Lipinski definition) is 7. The van der Waals surface area contributed by atoms with E-state index in [1.165, 1.54) is 0 Å². The number of fused-ring (bicyclic) bond motifs is 1. The van der Waals surface area contributed by atoms with E-state index in [1.807, 2.05) is 72.8 Å². The third kappa shape index (κ3) is 5.96. The number of nitrogens with one attached hydrogen (secondary N) is 1. The molecule has 158 valence electrons. The highest BCUT2D eigenvalue weighted by atomic mass is 32.1. The fourth-order valence-electron chi connectivity index (χ4n) is 2.88. The Bertz CT molecular complexity index is 1110. The molecule has 0 spiro atoms. The second-order valence-corrected chi connectivity index (χ2v) is 7.69. The fraction of sp³-hybridized carbons (Fsp3) is 0.167. The van der Waals surface area contributed by atoms with Gasteiger partial charge < -0.3 is 14.2 Å². The number of hydrogen-bond donors (Lipinski definition) is 1. The number of rotatable bonds is 10. The molecule has 0 amide bonds. The van der Waals surface area contributed by atoms with Gasteiger partial charge in [0.25, 0.3) is 0 Å². The molecule has 0 aliphatic carbocycles. The summed E-state index contributed by atoms with van der Waals surface area (Å²) in [6, 6.07) is 23.4. The van der Waals surface area contributed by atoms with Gasteiger partial charge in [-0.3, -0.25) is 5.43 Å². The summed E-state index contributed by atoms with van der Waals surface area (Å²) < 4.78 is 17.8. The number of ether oxygens (including phenoxy) is 3. The highest BCUT2D eigenvalue weighted by molar-refractivity contribution is 7.22. The SMILES string of the molecule is COc1ccc(OCCCOc2cccc(C=NNc3nc4ccccc4s3)c2)cc1. The van der Waals surface area contributed by atoms with Crippen LogP contribution in [-0.2, 0) is 0 Å². The number of para-hydroxylation sites is 1. The fourth-order valence-corrected chi connectivity index (χ4v) is 3.69. The second-order valence-electron chi connectivity index (χ2n) is 6.66. The van der Waals surface area contributed by atoms with Crippen LogP contribution in [0.3, 0.4) is 0 Å². The van der Waals surface area contributed by atoms with E-state index in [0.717, 1.165) is 44.6 Å². The van der Waals surface area contributed by atoms with E-state index in [2.05, 4.69) is 15.5 Å². The third-order valence-corrected chi connectivity index (χ3v) is 5.35. The average Bonchev–Trinajstić information content (AvgIpc) is 3.22. The summed E-state index contributed by atoms with van der Waals surface area (Å²) in [7, 11) is 1.65. The second kappa shape index (κ2) is 10.4. The normalized spacial score (nSPS) is 11.0. The minimum absolute atomic E-state index is 0.570. The number of hydrazone groups is 1. The molecule has 0 aliphatic heterocycles. The Labute approximate surface area is 185 Å². The van der Waals surface area contributed by atoms with Crippen LogP contribution < -0.4 is 19.6 Å². The van der Waals surface area contributed by atoms with E-state index < -0.39 is 0 Å². The number of benzene rings is 3. The minimum atomic E-state index is 0.570. The van der Waals surface area contributed by atoms with Gasteiger partial charge in [0.05, 0.1) is 36.8 Å². The van der Waals surface area contributed by atoms with Gasteiger partial charge in [-0.05, 0) is 54.1 Å². The van der Waals surface area contributed by atoms with Gasteiger partial charge in [0.2, 0.25) is 5.13 Å². The number of anilines is 1. The highest BCUT2D eigenvalue weighted by Crippen LogP contribution is 2.25. The summed E-state index contributed by atoms with van der Waals surface area (Å²) in [5, 5.41) is 5.06. The van der Waals surface area contributed by atoms with Crippen molar-refractivity contribution in [3.8, 4) is 17.2 Å². The molecule has 0 saturated heterocycles. The Kier molecular flexibility index (Phi) is 6.97. The Hall–Kier alpha value is -3.58. The summed E-state index contributed by atoms with van der Waals surface area (Å²) in [6.07, 6.45) is 2.54. The largest absolute Gasteiger partial charge is 0.497 e. The molecule has 0 atom stereocenters.